The van der Waals surface area contributed by atoms with Crippen LogP contribution in [0.2, 0.25) is 5.28 Å². The van der Waals surface area contributed by atoms with Gasteiger partial charge in [-0.25, -0.2) is 4.98 Å². The molecule has 1 atom stereocenters. The van der Waals surface area contributed by atoms with E-state index in [2.05, 4.69) is 9.97 Å². The van der Waals surface area contributed by atoms with E-state index in [-0.39, 0.29) is 29.9 Å². The van der Waals surface area contributed by atoms with Crippen molar-refractivity contribution in [2.24, 2.45) is 0 Å². The standard InChI is InChI=1S/C9H13ClN4O4/c1-13(4-6(15)5-18-2)8-7(14(16)17)3-11-9(10)12-8/h3,6,15H,4-5H2,1-2H3. The minimum atomic E-state index is -0.784. The third-order valence-electron chi connectivity index (χ3n) is 2.12. The molecule has 0 aromatic carbocycles. The molecule has 18 heavy (non-hydrogen) atoms. The van der Waals surface area contributed by atoms with Crippen LogP contribution in [0.4, 0.5) is 11.5 Å². The van der Waals surface area contributed by atoms with E-state index in [4.69, 9.17) is 16.3 Å². The van der Waals surface area contributed by atoms with Crippen molar-refractivity contribution in [3.05, 3.63) is 21.6 Å². The van der Waals surface area contributed by atoms with E-state index in [9.17, 15) is 15.2 Å². The van der Waals surface area contributed by atoms with E-state index in [1.54, 1.807) is 7.05 Å². The molecule has 0 aliphatic carbocycles. The number of nitrogens with zero attached hydrogens (tertiary/aromatic N) is 4. The van der Waals surface area contributed by atoms with Crippen molar-refractivity contribution in [1.82, 2.24) is 9.97 Å². The molecule has 1 aromatic heterocycles. The van der Waals surface area contributed by atoms with Crippen LogP contribution in [-0.2, 0) is 4.74 Å². The van der Waals surface area contributed by atoms with Crippen LogP contribution in [0.25, 0.3) is 0 Å². The summed E-state index contributed by atoms with van der Waals surface area (Å²) in [7, 11) is 3.01. The topological polar surface area (TPSA) is 102 Å². The van der Waals surface area contributed by atoms with Gasteiger partial charge in [-0.15, -0.1) is 0 Å². The normalized spacial score (nSPS) is 12.2. The summed E-state index contributed by atoms with van der Waals surface area (Å²) in [5, 5.41) is 20.3. The molecule has 0 bridgehead atoms. The summed E-state index contributed by atoms with van der Waals surface area (Å²) in [5.41, 5.74) is -0.272. The molecule has 0 aliphatic heterocycles. The molecule has 0 aliphatic rings. The Labute approximate surface area is 108 Å². The second-order valence-electron chi connectivity index (χ2n) is 3.59. The summed E-state index contributed by atoms with van der Waals surface area (Å²) in [6.45, 7) is 0.249. The number of aliphatic hydroxyl groups excluding tert-OH is 1. The quantitative estimate of drug-likeness (QED) is 0.458. The van der Waals surface area contributed by atoms with Crippen LogP contribution in [0.1, 0.15) is 0 Å². The van der Waals surface area contributed by atoms with Gasteiger partial charge in [0.05, 0.1) is 17.6 Å². The van der Waals surface area contributed by atoms with Crippen LogP contribution < -0.4 is 4.90 Å². The first-order valence-electron chi connectivity index (χ1n) is 5.00. The van der Waals surface area contributed by atoms with Crippen molar-refractivity contribution in [2.45, 2.75) is 6.10 Å². The zero-order chi connectivity index (χ0) is 13.7. The van der Waals surface area contributed by atoms with E-state index in [0.717, 1.165) is 6.20 Å². The van der Waals surface area contributed by atoms with Crippen LogP contribution in [0.5, 0.6) is 0 Å². The molecule has 0 radical (unpaired) electrons. The van der Waals surface area contributed by atoms with Gasteiger partial charge in [-0.05, 0) is 11.6 Å². The molecule has 8 nitrogen and oxygen atoms in total. The highest BCUT2D eigenvalue weighted by molar-refractivity contribution is 6.28. The first-order valence-corrected chi connectivity index (χ1v) is 5.38. The highest BCUT2D eigenvalue weighted by Gasteiger charge is 2.21. The molecule has 1 rings (SSSR count). The summed E-state index contributed by atoms with van der Waals surface area (Å²) in [4.78, 5) is 19.0. The summed E-state index contributed by atoms with van der Waals surface area (Å²) in [6.07, 6.45) is 0.248. The number of rotatable bonds is 6. The molecule has 0 saturated heterocycles. The molecule has 0 fully saturated rings. The molecule has 1 N–H and O–H groups in total. The Hall–Kier alpha value is -1.51. The van der Waals surface area contributed by atoms with Crippen molar-refractivity contribution in [3.8, 4) is 0 Å². The van der Waals surface area contributed by atoms with Gasteiger partial charge < -0.3 is 14.7 Å². The average molecular weight is 277 g/mol. The Kier molecular flexibility index (Phi) is 5.20. The van der Waals surface area contributed by atoms with Crippen molar-refractivity contribution in [2.75, 3.05) is 32.2 Å². The SMILES string of the molecule is COCC(O)CN(C)c1nc(Cl)ncc1[N+](=O)[O-]. The minimum absolute atomic E-state index is 0.0511. The molecular formula is C9H13ClN4O4. The molecule has 1 unspecified atom stereocenters. The fourth-order valence-electron chi connectivity index (χ4n) is 1.40. The van der Waals surface area contributed by atoms with Crippen molar-refractivity contribution >= 4 is 23.1 Å². The average Bonchev–Trinajstić information content (AvgIpc) is 2.28. The van der Waals surface area contributed by atoms with E-state index in [1.165, 1.54) is 12.0 Å². The van der Waals surface area contributed by atoms with E-state index in [0.29, 0.717) is 0 Å². The van der Waals surface area contributed by atoms with Gasteiger partial charge in [0.25, 0.3) is 0 Å². The Morgan fingerprint density at radius 1 is 1.72 bits per heavy atom. The maximum atomic E-state index is 10.8. The number of ether oxygens (including phenoxy) is 1. The number of halogens is 1. The lowest BCUT2D eigenvalue weighted by Crippen LogP contribution is -2.32. The molecule has 0 spiro atoms. The number of hydrogen-bond donors (Lipinski definition) is 1. The second kappa shape index (κ2) is 6.43. The second-order valence-corrected chi connectivity index (χ2v) is 3.93. The number of likely N-dealkylation sites (N-methyl/N-ethyl adjacent to an activating group) is 1. The van der Waals surface area contributed by atoms with Gasteiger partial charge in [-0.3, -0.25) is 10.1 Å². The molecule has 1 aromatic rings. The number of methoxy groups -OCH3 is 1. The van der Waals surface area contributed by atoms with E-state index < -0.39 is 11.0 Å². The third kappa shape index (κ3) is 3.76. The highest BCUT2D eigenvalue weighted by atomic mass is 35.5. The first kappa shape index (κ1) is 14.6. The van der Waals surface area contributed by atoms with Gasteiger partial charge in [-0.2, -0.15) is 4.98 Å². The van der Waals surface area contributed by atoms with Gasteiger partial charge in [-0.1, -0.05) is 0 Å². The summed E-state index contributed by atoms with van der Waals surface area (Å²) >= 11 is 5.60. The zero-order valence-electron chi connectivity index (χ0n) is 9.91. The van der Waals surface area contributed by atoms with Crippen molar-refractivity contribution in [1.29, 1.82) is 0 Å². The lowest BCUT2D eigenvalue weighted by molar-refractivity contribution is -0.384. The minimum Gasteiger partial charge on any atom is -0.389 e. The van der Waals surface area contributed by atoms with Crippen LogP contribution in [0.15, 0.2) is 6.20 Å². The fraction of sp³-hybridized carbons (Fsp3) is 0.556. The summed E-state index contributed by atoms with van der Waals surface area (Å²) in [5.74, 6) is 0.0511. The number of anilines is 1. The number of aromatic nitrogens is 2. The molecule has 1 heterocycles. The van der Waals surface area contributed by atoms with Crippen molar-refractivity contribution < 1.29 is 14.8 Å². The van der Waals surface area contributed by atoms with Crippen LogP contribution >= 0.6 is 11.6 Å². The van der Waals surface area contributed by atoms with Gasteiger partial charge in [0.1, 0.15) is 6.20 Å². The highest BCUT2D eigenvalue weighted by Crippen LogP contribution is 2.25. The lowest BCUT2D eigenvalue weighted by atomic mass is 10.3. The Bertz CT molecular complexity index is 431. The maximum absolute atomic E-state index is 10.8. The van der Waals surface area contributed by atoms with Gasteiger partial charge >= 0.3 is 5.69 Å². The fourth-order valence-corrected chi connectivity index (χ4v) is 1.53. The molecule has 9 heteroatoms. The molecule has 100 valence electrons. The number of hydrogen-bond acceptors (Lipinski definition) is 7. The predicted octanol–water partition coefficient (Wildman–Crippen LogP) is 0.482. The Morgan fingerprint density at radius 3 is 2.94 bits per heavy atom. The molecule has 0 saturated carbocycles. The largest absolute Gasteiger partial charge is 0.389 e. The van der Waals surface area contributed by atoms with Crippen molar-refractivity contribution in [3.63, 3.8) is 0 Å². The smallest absolute Gasteiger partial charge is 0.329 e. The third-order valence-corrected chi connectivity index (χ3v) is 2.30. The monoisotopic (exact) mass is 276 g/mol. The van der Waals surface area contributed by atoms with Crippen LogP contribution in [0, 0.1) is 10.1 Å². The van der Waals surface area contributed by atoms with Crippen LogP contribution in [-0.4, -0.2) is 53.4 Å². The first-order chi connectivity index (χ1) is 8.45. The molecule has 0 amide bonds. The summed E-state index contributed by atoms with van der Waals surface area (Å²) < 4.78 is 4.77. The predicted molar refractivity (Wildman–Crippen MR) is 64.8 cm³/mol. The van der Waals surface area contributed by atoms with Crippen LogP contribution in [0.3, 0.4) is 0 Å². The van der Waals surface area contributed by atoms with Gasteiger partial charge in [0.2, 0.25) is 11.1 Å². The Balaban J connectivity index is 2.93. The molecular weight excluding hydrogens is 264 g/mol. The summed E-state index contributed by atoms with van der Waals surface area (Å²) in [6, 6.07) is 0. The zero-order valence-corrected chi connectivity index (χ0v) is 10.7. The Morgan fingerprint density at radius 2 is 2.39 bits per heavy atom. The van der Waals surface area contributed by atoms with Gasteiger partial charge in [0.15, 0.2) is 0 Å². The van der Waals surface area contributed by atoms with E-state index >= 15 is 0 Å². The maximum Gasteiger partial charge on any atom is 0.329 e. The van der Waals surface area contributed by atoms with Gasteiger partial charge in [0, 0.05) is 20.7 Å². The number of nitro groups is 1. The number of aliphatic hydroxyl groups is 1. The lowest BCUT2D eigenvalue weighted by Gasteiger charge is -2.20. The van der Waals surface area contributed by atoms with E-state index in [1.807, 2.05) is 0 Å².